The number of carbonyl (C=O) groups is 1. The van der Waals surface area contributed by atoms with Crippen LogP contribution in [0.5, 0.6) is 5.75 Å². The molecule has 1 heterocycles. The van der Waals surface area contributed by atoms with Crippen molar-refractivity contribution in [3.63, 3.8) is 0 Å². The molecule has 0 aromatic heterocycles. The van der Waals surface area contributed by atoms with Gasteiger partial charge in [0, 0.05) is 25.2 Å². The quantitative estimate of drug-likeness (QED) is 0.703. The maximum atomic E-state index is 13.0. The van der Waals surface area contributed by atoms with E-state index in [1.165, 1.54) is 4.31 Å². The molecule has 28 heavy (non-hydrogen) atoms. The second-order valence-corrected chi connectivity index (χ2v) is 8.92. The van der Waals surface area contributed by atoms with Gasteiger partial charge < -0.3 is 14.8 Å². The van der Waals surface area contributed by atoms with Crippen LogP contribution in [0.4, 0.5) is 0 Å². The van der Waals surface area contributed by atoms with Crippen molar-refractivity contribution in [1.29, 1.82) is 0 Å². The number of morpholine rings is 1. The summed E-state index contributed by atoms with van der Waals surface area (Å²) < 4.78 is 38.4. The van der Waals surface area contributed by atoms with Gasteiger partial charge in [-0.3, -0.25) is 4.79 Å². The minimum Gasteiger partial charge on any atom is -0.496 e. The molecule has 0 unspecified atom stereocenters. The molecule has 0 spiro atoms. The number of hydrogen-bond acceptors (Lipinski definition) is 5. The van der Waals surface area contributed by atoms with E-state index in [0.717, 1.165) is 0 Å². The Morgan fingerprint density at radius 1 is 1.21 bits per heavy atom. The number of methoxy groups -OCH3 is 1. The van der Waals surface area contributed by atoms with Crippen molar-refractivity contribution >= 4 is 31.9 Å². The van der Waals surface area contributed by atoms with E-state index in [2.05, 4.69) is 21.2 Å². The zero-order valence-electron chi connectivity index (χ0n) is 15.4. The Morgan fingerprint density at radius 2 is 1.93 bits per heavy atom. The first kappa shape index (κ1) is 20.8. The molecule has 1 aliphatic heterocycles. The lowest BCUT2D eigenvalue weighted by Gasteiger charge is -2.27. The first-order valence-corrected chi connectivity index (χ1v) is 10.9. The summed E-state index contributed by atoms with van der Waals surface area (Å²) in [5.41, 5.74) is 0.983. The highest BCUT2D eigenvalue weighted by atomic mass is 79.9. The number of hydrogen-bond donors (Lipinski definition) is 1. The average molecular weight is 469 g/mol. The summed E-state index contributed by atoms with van der Waals surface area (Å²) >= 11 is 3.35. The van der Waals surface area contributed by atoms with Crippen LogP contribution in [0.3, 0.4) is 0 Å². The lowest BCUT2D eigenvalue weighted by molar-refractivity contribution is 0.0730. The third-order valence-corrected chi connectivity index (χ3v) is 7.03. The first-order chi connectivity index (χ1) is 13.4. The molecule has 2 aromatic rings. The second-order valence-electron chi connectivity index (χ2n) is 6.16. The van der Waals surface area contributed by atoms with Gasteiger partial charge in [0.2, 0.25) is 10.0 Å². The number of sulfonamides is 1. The number of nitrogens with one attached hydrogen (secondary N) is 1. The number of rotatable bonds is 6. The van der Waals surface area contributed by atoms with Crippen LogP contribution in [-0.4, -0.2) is 52.0 Å². The number of benzene rings is 2. The largest absolute Gasteiger partial charge is 0.496 e. The van der Waals surface area contributed by atoms with Gasteiger partial charge in [0.05, 0.1) is 29.7 Å². The van der Waals surface area contributed by atoms with Crippen LogP contribution in [0.25, 0.3) is 0 Å². The molecular formula is C19H21BrN2O5S. The van der Waals surface area contributed by atoms with E-state index in [0.29, 0.717) is 47.7 Å². The van der Waals surface area contributed by atoms with Gasteiger partial charge in [-0.2, -0.15) is 4.31 Å². The van der Waals surface area contributed by atoms with Gasteiger partial charge in [0.15, 0.2) is 0 Å². The van der Waals surface area contributed by atoms with E-state index in [-0.39, 0.29) is 17.3 Å². The number of nitrogens with zero attached hydrogens (tertiary/aromatic N) is 1. The fourth-order valence-electron chi connectivity index (χ4n) is 2.91. The highest BCUT2D eigenvalue weighted by Crippen LogP contribution is 2.26. The van der Waals surface area contributed by atoms with Gasteiger partial charge in [-0.05, 0) is 45.8 Å². The molecule has 1 aliphatic rings. The highest BCUT2D eigenvalue weighted by molar-refractivity contribution is 9.10. The van der Waals surface area contributed by atoms with Crippen LogP contribution >= 0.6 is 15.9 Å². The molecule has 7 nitrogen and oxygen atoms in total. The molecular weight excluding hydrogens is 448 g/mol. The third kappa shape index (κ3) is 4.54. The Labute approximate surface area is 172 Å². The molecule has 1 N–H and O–H groups in total. The lowest BCUT2D eigenvalue weighted by atomic mass is 10.2. The standard InChI is InChI=1S/C19H21BrN2O5S/c1-26-17-7-6-14(12-16(17)20)19(23)21-13-15-4-2-3-5-18(15)28(24,25)22-8-10-27-11-9-22/h2-7,12H,8-11,13H2,1H3,(H,21,23). The van der Waals surface area contributed by atoms with Gasteiger partial charge in [0.1, 0.15) is 5.75 Å². The topological polar surface area (TPSA) is 84.9 Å². The summed E-state index contributed by atoms with van der Waals surface area (Å²) in [6, 6.07) is 11.7. The number of amides is 1. The molecule has 0 aliphatic carbocycles. The molecule has 1 amide bonds. The fourth-order valence-corrected chi connectivity index (χ4v) is 5.08. The minimum absolute atomic E-state index is 0.0994. The van der Waals surface area contributed by atoms with Crippen molar-refractivity contribution in [2.45, 2.75) is 11.4 Å². The van der Waals surface area contributed by atoms with E-state index < -0.39 is 10.0 Å². The van der Waals surface area contributed by atoms with E-state index >= 15 is 0 Å². The third-order valence-electron chi connectivity index (χ3n) is 4.41. The Kier molecular flexibility index (Phi) is 6.71. The van der Waals surface area contributed by atoms with Crippen molar-refractivity contribution in [3.8, 4) is 5.75 Å². The number of halogens is 1. The molecule has 1 saturated heterocycles. The molecule has 0 bridgehead atoms. The monoisotopic (exact) mass is 468 g/mol. The molecule has 1 fully saturated rings. The SMILES string of the molecule is COc1ccc(C(=O)NCc2ccccc2S(=O)(=O)N2CCOCC2)cc1Br. The zero-order valence-corrected chi connectivity index (χ0v) is 17.8. The first-order valence-electron chi connectivity index (χ1n) is 8.71. The predicted octanol–water partition coefficient (Wildman–Crippen LogP) is 2.41. The number of carbonyl (C=O) groups excluding carboxylic acids is 1. The van der Waals surface area contributed by atoms with Crippen molar-refractivity contribution in [2.24, 2.45) is 0 Å². The normalized spacial score (nSPS) is 15.2. The summed E-state index contributed by atoms with van der Waals surface area (Å²) in [5, 5.41) is 2.79. The van der Waals surface area contributed by atoms with Gasteiger partial charge in [-0.25, -0.2) is 8.42 Å². The lowest BCUT2D eigenvalue weighted by Crippen LogP contribution is -2.41. The molecule has 3 rings (SSSR count). The molecule has 150 valence electrons. The maximum Gasteiger partial charge on any atom is 0.251 e. The summed E-state index contributed by atoms with van der Waals surface area (Å²) in [6.45, 7) is 1.50. The van der Waals surface area contributed by atoms with Gasteiger partial charge in [0.25, 0.3) is 5.91 Å². The Morgan fingerprint density at radius 3 is 2.61 bits per heavy atom. The summed E-state index contributed by atoms with van der Waals surface area (Å²) in [6.07, 6.45) is 0. The molecule has 0 saturated carbocycles. The van der Waals surface area contributed by atoms with Crippen LogP contribution in [0, 0.1) is 0 Å². The summed E-state index contributed by atoms with van der Waals surface area (Å²) in [5.74, 6) is 0.320. The van der Waals surface area contributed by atoms with Crippen molar-refractivity contribution in [1.82, 2.24) is 9.62 Å². The minimum atomic E-state index is -3.64. The second kappa shape index (κ2) is 9.04. The maximum absolute atomic E-state index is 13.0. The molecule has 0 atom stereocenters. The van der Waals surface area contributed by atoms with E-state index in [1.54, 1.807) is 49.6 Å². The van der Waals surface area contributed by atoms with E-state index in [9.17, 15) is 13.2 Å². The van der Waals surface area contributed by atoms with Gasteiger partial charge >= 0.3 is 0 Å². The Bertz CT molecular complexity index is 959. The van der Waals surface area contributed by atoms with Crippen LogP contribution in [-0.2, 0) is 21.3 Å². The fraction of sp³-hybridized carbons (Fsp3) is 0.316. The van der Waals surface area contributed by atoms with Gasteiger partial charge in [-0.1, -0.05) is 18.2 Å². The molecule has 0 radical (unpaired) electrons. The Balaban J connectivity index is 1.76. The predicted molar refractivity (Wildman–Crippen MR) is 108 cm³/mol. The van der Waals surface area contributed by atoms with Crippen molar-refractivity contribution < 1.29 is 22.7 Å². The number of ether oxygens (including phenoxy) is 2. The highest BCUT2D eigenvalue weighted by Gasteiger charge is 2.28. The van der Waals surface area contributed by atoms with Crippen molar-refractivity contribution in [3.05, 3.63) is 58.1 Å². The smallest absolute Gasteiger partial charge is 0.251 e. The van der Waals surface area contributed by atoms with Crippen LogP contribution < -0.4 is 10.1 Å². The van der Waals surface area contributed by atoms with Crippen LogP contribution in [0.2, 0.25) is 0 Å². The van der Waals surface area contributed by atoms with E-state index in [1.807, 2.05) is 0 Å². The van der Waals surface area contributed by atoms with Crippen LogP contribution in [0.1, 0.15) is 15.9 Å². The average Bonchev–Trinajstić information content (AvgIpc) is 2.72. The van der Waals surface area contributed by atoms with Crippen LogP contribution in [0.15, 0.2) is 51.8 Å². The Hall–Kier alpha value is -1.94. The summed E-state index contributed by atoms with van der Waals surface area (Å²) in [7, 11) is -2.10. The zero-order chi connectivity index (χ0) is 20.1. The summed E-state index contributed by atoms with van der Waals surface area (Å²) in [4.78, 5) is 12.7. The molecule has 2 aromatic carbocycles. The van der Waals surface area contributed by atoms with E-state index in [4.69, 9.17) is 9.47 Å². The van der Waals surface area contributed by atoms with Crippen molar-refractivity contribution in [2.75, 3.05) is 33.4 Å². The molecule has 9 heteroatoms. The van der Waals surface area contributed by atoms with Gasteiger partial charge in [-0.15, -0.1) is 0 Å².